The number of nitrogens with zero attached hydrogens (tertiary/aromatic N) is 3. The van der Waals surface area contributed by atoms with Crippen LogP contribution in [0, 0.1) is 0 Å². The van der Waals surface area contributed by atoms with Crippen molar-refractivity contribution in [2.45, 2.75) is 57.0 Å². The molecule has 1 aliphatic carbocycles. The Hall–Kier alpha value is -3.63. The van der Waals surface area contributed by atoms with Gasteiger partial charge in [0.2, 0.25) is 11.8 Å². The Morgan fingerprint density at radius 2 is 1.84 bits per heavy atom. The molecule has 11 heteroatoms. The molecule has 0 spiro atoms. The van der Waals surface area contributed by atoms with Gasteiger partial charge in [0.25, 0.3) is 0 Å². The van der Waals surface area contributed by atoms with Crippen LogP contribution in [0.15, 0.2) is 36.8 Å². The molecular weight excluding hydrogens is 489 g/mol. The number of carboxylic acid groups (broad SMARTS) is 1. The van der Waals surface area contributed by atoms with Crippen molar-refractivity contribution in [2.24, 2.45) is 12.8 Å². The minimum absolute atomic E-state index is 0.143. The zero-order valence-electron chi connectivity index (χ0n) is 20.6. The Balaban J connectivity index is 0.000000479. The molecule has 0 radical (unpaired) electrons. The summed E-state index contributed by atoms with van der Waals surface area (Å²) < 4.78 is 33.6. The van der Waals surface area contributed by atoms with E-state index in [-0.39, 0.29) is 11.8 Å². The van der Waals surface area contributed by atoms with Crippen LogP contribution in [0.2, 0.25) is 0 Å². The normalized spacial score (nSPS) is 16.4. The first-order chi connectivity index (χ1) is 17.5. The predicted molar refractivity (Wildman–Crippen MR) is 131 cm³/mol. The van der Waals surface area contributed by atoms with Gasteiger partial charge in [-0.15, -0.1) is 0 Å². The van der Waals surface area contributed by atoms with E-state index in [1.54, 1.807) is 6.33 Å². The molecule has 1 saturated heterocycles. The number of allylic oxidation sites excluding steroid dienone is 2. The molecule has 1 aromatic carbocycles. The summed E-state index contributed by atoms with van der Waals surface area (Å²) in [5, 5.41) is 7.12. The number of halogens is 3. The van der Waals surface area contributed by atoms with Gasteiger partial charge < -0.3 is 20.3 Å². The molecule has 1 aliphatic heterocycles. The number of carbonyl (C=O) groups is 3. The highest BCUT2D eigenvalue weighted by Gasteiger charge is 2.38. The van der Waals surface area contributed by atoms with Crippen molar-refractivity contribution in [3.63, 3.8) is 0 Å². The van der Waals surface area contributed by atoms with E-state index >= 15 is 0 Å². The molecule has 1 fully saturated rings. The van der Waals surface area contributed by atoms with Crippen LogP contribution >= 0.6 is 0 Å². The molecule has 2 amide bonds. The molecule has 2 aromatic rings. The molecule has 0 unspecified atom stereocenters. The fourth-order valence-corrected chi connectivity index (χ4v) is 4.67. The van der Waals surface area contributed by atoms with E-state index in [2.05, 4.69) is 17.1 Å². The monoisotopic (exact) mass is 520 g/mol. The van der Waals surface area contributed by atoms with Crippen LogP contribution in [-0.2, 0) is 23.1 Å². The third kappa shape index (κ3) is 7.68. The molecule has 37 heavy (non-hydrogen) atoms. The molecular formula is C26H31F3N4O4. The number of hydrogen-bond acceptors (Lipinski definition) is 4. The first kappa shape index (κ1) is 27.9. The van der Waals surface area contributed by atoms with E-state index in [9.17, 15) is 22.8 Å². The number of alkyl halides is 3. The van der Waals surface area contributed by atoms with Crippen LogP contribution in [0.3, 0.4) is 0 Å². The van der Waals surface area contributed by atoms with Crippen LogP contribution < -0.4 is 5.73 Å². The molecule has 2 heterocycles. The third-order valence-corrected chi connectivity index (χ3v) is 6.60. The average Bonchev–Trinajstić information content (AvgIpc) is 3.28. The van der Waals surface area contributed by atoms with E-state index in [1.807, 2.05) is 34.8 Å². The molecule has 0 saturated carbocycles. The number of aromatic nitrogens is 2. The molecule has 0 bridgehead atoms. The molecule has 3 N–H and O–H groups in total. The van der Waals surface area contributed by atoms with Crippen molar-refractivity contribution >= 4 is 23.4 Å². The summed E-state index contributed by atoms with van der Waals surface area (Å²) in [7, 11) is 1.91. The maximum absolute atomic E-state index is 12.6. The van der Waals surface area contributed by atoms with Crippen molar-refractivity contribution in [1.29, 1.82) is 0 Å². The maximum Gasteiger partial charge on any atom is 0.490 e. The third-order valence-electron chi connectivity index (χ3n) is 6.60. The van der Waals surface area contributed by atoms with E-state index in [1.165, 1.54) is 17.6 Å². The van der Waals surface area contributed by atoms with E-state index in [0.29, 0.717) is 17.9 Å². The lowest BCUT2D eigenvalue weighted by Gasteiger charge is -2.32. The zero-order valence-corrected chi connectivity index (χ0v) is 20.6. The molecule has 1 aromatic heterocycles. The second-order valence-corrected chi connectivity index (χ2v) is 9.31. The summed E-state index contributed by atoms with van der Waals surface area (Å²) in [5.41, 5.74) is 10.6. The number of piperidine rings is 1. The second-order valence-electron chi connectivity index (χ2n) is 9.31. The fraction of sp³-hybridized carbons (Fsp3) is 0.462. The number of carbonyl (C=O) groups excluding carboxylic acids is 2. The first-order valence-electron chi connectivity index (χ1n) is 12.1. The number of aliphatic carboxylic acids is 1. The molecule has 0 atom stereocenters. The van der Waals surface area contributed by atoms with Crippen LogP contribution in [-0.4, -0.2) is 56.6 Å². The average molecular weight is 521 g/mol. The van der Waals surface area contributed by atoms with Gasteiger partial charge >= 0.3 is 12.1 Å². The molecule has 2 aliphatic rings. The standard InChI is InChI=1S/C24H30N4O2.C2HF3O2/c1-27-15-20(26-16-27)14-23(29)28-11-9-17(10-12-28)19-7-8-21(24(25)30)22(13-19)18-5-3-2-4-6-18;3-2(4,5)1(6)7/h5,7-8,13,15-17H,2-4,6,9-12,14H2,1H3,(H2,25,30);(H,6,7). The van der Waals surface area contributed by atoms with Crippen molar-refractivity contribution in [3.05, 3.63) is 59.2 Å². The number of primary amides is 1. The van der Waals surface area contributed by atoms with Crippen molar-refractivity contribution in [1.82, 2.24) is 14.5 Å². The second kappa shape index (κ2) is 12.1. The summed E-state index contributed by atoms with van der Waals surface area (Å²) in [6, 6.07) is 6.11. The minimum atomic E-state index is -5.08. The van der Waals surface area contributed by atoms with Crippen molar-refractivity contribution in [2.75, 3.05) is 13.1 Å². The Morgan fingerprint density at radius 3 is 2.35 bits per heavy atom. The van der Waals surface area contributed by atoms with Crippen LogP contribution in [0.4, 0.5) is 13.2 Å². The number of hydrogen-bond donors (Lipinski definition) is 2. The van der Waals surface area contributed by atoms with Crippen LogP contribution in [0.25, 0.3) is 5.57 Å². The van der Waals surface area contributed by atoms with Gasteiger partial charge in [-0.05, 0) is 67.2 Å². The lowest BCUT2D eigenvalue weighted by atomic mass is 9.84. The van der Waals surface area contributed by atoms with Crippen LogP contribution in [0.5, 0.6) is 0 Å². The van der Waals surface area contributed by atoms with E-state index in [0.717, 1.165) is 56.5 Å². The maximum atomic E-state index is 12.6. The molecule has 4 rings (SSSR count). The van der Waals surface area contributed by atoms with Gasteiger partial charge in [0.15, 0.2) is 0 Å². The number of rotatable bonds is 5. The number of carboxylic acids is 1. The fourth-order valence-electron chi connectivity index (χ4n) is 4.67. The smallest absolute Gasteiger partial charge is 0.475 e. The molecule has 8 nitrogen and oxygen atoms in total. The van der Waals surface area contributed by atoms with E-state index in [4.69, 9.17) is 15.6 Å². The van der Waals surface area contributed by atoms with Crippen LogP contribution in [0.1, 0.15) is 71.6 Å². The highest BCUT2D eigenvalue weighted by molar-refractivity contribution is 5.98. The van der Waals surface area contributed by atoms with Gasteiger partial charge in [-0.1, -0.05) is 18.2 Å². The van der Waals surface area contributed by atoms with Gasteiger partial charge in [0.1, 0.15) is 0 Å². The van der Waals surface area contributed by atoms with Gasteiger partial charge in [-0.25, -0.2) is 9.78 Å². The number of aryl methyl sites for hydroxylation is 1. The highest BCUT2D eigenvalue weighted by atomic mass is 19.4. The van der Waals surface area contributed by atoms with Crippen molar-refractivity contribution in [3.8, 4) is 0 Å². The van der Waals surface area contributed by atoms with E-state index < -0.39 is 12.1 Å². The number of likely N-dealkylation sites (tertiary alicyclic amines) is 1. The Morgan fingerprint density at radius 1 is 1.16 bits per heavy atom. The Labute approximate surface area is 213 Å². The summed E-state index contributed by atoms with van der Waals surface area (Å²) in [4.78, 5) is 39.7. The number of imidazole rings is 1. The largest absolute Gasteiger partial charge is 0.490 e. The summed E-state index contributed by atoms with van der Waals surface area (Å²) in [6.45, 7) is 1.51. The lowest BCUT2D eigenvalue weighted by Crippen LogP contribution is -2.38. The minimum Gasteiger partial charge on any atom is -0.475 e. The zero-order chi connectivity index (χ0) is 27.2. The topological polar surface area (TPSA) is 119 Å². The Bertz CT molecular complexity index is 1160. The quantitative estimate of drug-likeness (QED) is 0.617. The number of amides is 2. The van der Waals surface area contributed by atoms with Gasteiger partial charge in [0, 0.05) is 31.9 Å². The van der Waals surface area contributed by atoms with Gasteiger partial charge in [-0.3, -0.25) is 9.59 Å². The summed E-state index contributed by atoms with van der Waals surface area (Å²) in [6.07, 6.45) is 7.45. The summed E-state index contributed by atoms with van der Waals surface area (Å²) in [5.74, 6) is -2.58. The SMILES string of the molecule is Cn1cnc(CC(=O)N2CCC(c3ccc(C(N)=O)c(C4=CCCCC4)c3)CC2)c1.O=C(O)C(F)(F)F. The molecule has 200 valence electrons. The predicted octanol–water partition coefficient (Wildman–Crippen LogP) is 4.06. The van der Waals surface area contributed by atoms with Gasteiger partial charge in [-0.2, -0.15) is 13.2 Å². The lowest BCUT2D eigenvalue weighted by molar-refractivity contribution is -0.192. The summed E-state index contributed by atoms with van der Waals surface area (Å²) >= 11 is 0. The number of nitrogens with two attached hydrogens (primary N) is 1. The first-order valence-corrected chi connectivity index (χ1v) is 12.1. The number of benzene rings is 1. The van der Waals surface area contributed by atoms with Crippen molar-refractivity contribution < 1.29 is 32.7 Å². The van der Waals surface area contributed by atoms with Gasteiger partial charge in [0.05, 0.1) is 18.4 Å². The Kier molecular flexibility index (Phi) is 9.12. The highest BCUT2D eigenvalue weighted by Crippen LogP contribution is 2.34.